The Morgan fingerprint density at radius 3 is 2.41 bits per heavy atom. The Morgan fingerprint density at radius 1 is 0.973 bits per heavy atom. The number of ether oxygens (including phenoxy) is 1. The third-order valence-electron chi connectivity index (χ3n) is 5.52. The maximum absolute atomic E-state index is 12.7. The van der Waals surface area contributed by atoms with Gasteiger partial charge in [-0.3, -0.25) is 4.79 Å². The molecular formula is C25H20F3N5O3S. The van der Waals surface area contributed by atoms with Crippen molar-refractivity contribution in [2.24, 2.45) is 5.92 Å². The number of alkyl halides is 3. The van der Waals surface area contributed by atoms with Gasteiger partial charge in [0.1, 0.15) is 5.75 Å². The van der Waals surface area contributed by atoms with Gasteiger partial charge in [0.15, 0.2) is 10.9 Å². The lowest BCUT2D eigenvalue weighted by Crippen LogP contribution is -2.19. The summed E-state index contributed by atoms with van der Waals surface area (Å²) in [5.74, 6) is 0.787. The van der Waals surface area contributed by atoms with Crippen molar-refractivity contribution in [2.45, 2.75) is 19.0 Å². The van der Waals surface area contributed by atoms with Crippen molar-refractivity contribution in [3.8, 4) is 11.5 Å². The predicted molar refractivity (Wildman–Crippen MR) is 136 cm³/mol. The topological polar surface area (TPSA) is 118 Å². The summed E-state index contributed by atoms with van der Waals surface area (Å²) >= 11 is 1.26. The predicted octanol–water partition coefficient (Wildman–Crippen LogP) is 6.68. The molecule has 1 heterocycles. The molecule has 0 atom stereocenters. The normalized spacial score (nSPS) is 13.3. The molecule has 3 aromatic carbocycles. The first kappa shape index (κ1) is 24.4. The minimum Gasteiger partial charge on any atom is -0.455 e. The zero-order valence-electron chi connectivity index (χ0n) is 19.1. The fourth-order valence-corrected chi connectivity index (χ4v) is 4.41. The van der Waals surface area contributed by atoms with Crippen LogP contribution in [0.4, 0.5) is 40.2 Å². The first-order valence-electron chi connectivity index (χ1n) is 11.2. The molecule has 1 saturated carbocycles. The summed E-state index contributed by atoms with van der Waals surface area (Å²) in [4.78, 5) is 28.8. The average Bonchev–Trinajstić information content (AvgIpc) is 3.62. The van der Waals surface area contributed by atoms with Gasteiger partial charge in [0, 0.05) is 23.4 Å². The summed E-state index contributed by atoms with van der Waals surface area (Å²) in [5, 5.41) is 8.38. The number of fused-ring (bicyclic) bond motifs is 1. The van der Waals surface area contributed by atoms with Gasteiger partial charge in [0.05, 0.1) is 21.5 Å². The Hall–Kier alpha value is -4.32. The van der Waals surface area contributed by atoms with Crippen LogP contribution in [0.2, 0.25) is 0 Å². The molecule has 0 unspecified atom stereocenters. The van der Waals surface area contributed by atoms with E-state index < -0.39 is 17.8 Å². The van der Waals surface area contributed by atoms with Crippen molar-refractivity contribution in [2.75, 3.05) is 21.7 Å². The van der Waals surface area contributed by atoms with Gasteiger partial charge in [-0.25, -0.2) is 9.78 Å². The molecule has 0 radical (unpaired) electrons. The fourth-order valence-electron chi connectivity index (χ4n) is 3.49. The number of thiazole rings is 1. The second-order valence-corrected chi connectivity index (χ2v) is 9.39. The van der Waals surface area contributed by atoms with Crippen LogP contribution in [0, 0.1) is 5.92 Å². The van der Waals surface area contributed by atoms with E-state index in [1.807, 2.05) is 0 Å². The highest BCUT2D eigenvalue weighted by atomic mass is 32.1. The molecule has 0 spiro atoms. The van der Waals surface area contributed by atoms with E-state index >= 15 is 0 Å². The standard InChI is InChI=1S/C25H20F3N5O3S/c26-25(27,28)14-6-8-15(9-7-14)30-23(35)31-16-2-1-3-17(12-16)36-19-11-10-18-21(20(19)29)37-24(32-18)33-22(34)13-4-5-13/h1-3,6-13H,4-5,29H2,(H2,30,31,35)(H,32,33,34). The van der Waals surface area contributed by atoms with Crippen molar-refractivity contribution < 1.29 is 27.5 Å². The third kappa shape index (κ3) is 5.75. The summed E-state index contributed by atoms with van der Waals surface area (Å²) < 4.78 is 44.7. The van der Waals surface area contributed by atoms with Crippen molar-refractivity contribution in [1.29, 1.82) is 0 Å². The molecule has 12 heteroatoms. The van der Waals surface area contributed by atoms with E-state index in [9.17, 15) is 22.8 Å². The number of anilines is 4. The van der Waals surface area contributed by atoms with Gasteiger partial charge < -0.3 is 26.4 Å². The van der Waals surface area contributed by atoms with E-state index in [0.717, 1.165) is 25.0 Å². The molecule has 1 aliphatic rings. The van der Waals surface area contributed by atoms with Crippen LogP contribution >= 0.6 is 11.3 Å². The van der Waals surface area contributed by atoms with Crippen LogP contribution in [0.15, 0.2) is 60.7 Å². The molecule has 5 N–H and O–H groups in total. The lowest BCUT2D eigenvalue weighted by molar-refractivity contribution is -0.137. The highest BCUT2D eigenvalue weighted by molar-refractivity contribution is 7.23. The summed E-state index contributed by atoms with van der Waals surface area (Å²) in [6.45, 7) is 0. The Morgan fingerprint density at radius 2 is 1.70 bits per heavy atom. The van der Waals surface area contributed by atoms with Gasteiger partial charge in [-0.15, -0.1) is 0 Å². The minimum atomic E-state index is -4.45. The molecule has 4 aromatic rings. The summed E-state index contributed by atoms with van der Waals surface area (Å²) in [6, 6.07) is 13.4. The first-order valence-corrected chi connectivity index (χ1v) is 12.0. The highest BCUT2D eigenvalue weighted by Crippen LogP contribution is 2.39. The van der Waals surface area contributed by atoms with E-state index in [-0.39, 0.29) is 17.5 Å². The molecule has 0 aliphatic heterocycles. The maximum atomic E-state index is 12.7. The van der Waals surface area contributed by atoms with Crippen molar-refractivity contribution >= 4 is 55.7 Å². The van der Waals surface area contributed by atoms with Crippen LogP contribution in [-0.4, -0.2) is 16.9 Å². The molecular weight excluding hydrogens is 507 g/mol. The molecule has 37 heavy (non-hydrogen) atoms. The lowest BCUT2D eigenvalue weighted by atomic mass is 10.2. The number of hydrogen-bond donors (Lipinski definition) is 4. The van der Waals surface area contributed by atoms with E-state index in [1.54, 1.807) is 36.4 Å². The average molecular weight is 528 g/mol. The quantitative estimate of drug-likeness (QED) is 0.209. The number of hydrogen-bond acceptors (Lipinski definition) is 6. The molecule has 8 nitrogen and oxygen atoms in total. The van der Waals surface area contributed by atoms with E-state index in [0.29, 0.717) is 38.2 Å². The van der Waals surface area contributed by atoms with Gasteiger partial charge in [-0.2, -0.15) is 13.2 Å². The van der Waals surface area contributed by atoms with Crippen molar-refractivity contribution in [1.82, 2.24) is 4.98 Å². The Labute approximate surface area is 212 Å². The number of nitrogen functional groups attached to an aromatic ring is 1. The number of nitrogens with two attached hydrogens (primary N) is 1. The van der Waals surface area contributed by atoms with Gasteiger partial charge >= 0.3 is 12.2 Å². The third-order valence-corrected chi connectivity index (χ3v) is 6.54. The first-order chi connectivity index (χ1) is 17.7. The Kier molecular flexibility index (Phi) is 6.34. The van der Waals surface area contributed by atoms with Crippen LogP contribution in [-0.2, 0) is 11.0 Å². The molecule has 1 aliphatic carbocycles. The summed E-state index contributed by atoms with van der Waals surface area (Å²) in [5.41, 5.74) is 7.10. The largest absolute Gasteiger partial charge is 0.455 e. The number of amides is 3. The smallest absolute Gasteiger partial charge is 0.416 e. The second-order valence-electron chi connectivity index (χ2n) is 8.39. The fraction of sp³-hybridized carbons (Fsp3) is 0.160. The second kappa shape index (κ2) is 9.62. The van der Waals surface area contributed by atoms with Crippen LogP contribution in [0.3, 0.4) is 0 Å². The number of halogens is 3. The van der Waals surface area contributed by atoms with Crippen molar-refractivity contribution in [3.63, 3.8) is 0 Å². The monoisotopic (exact) mass is 527 g/mol. The molecule has 190 valence electrons. The highest BCUT2D eigenvalue weighted by Gasteiger charge is 2.31. The molecule has 1 aromatic heterocycles. The molecule has 1 fully saturated rings. The number of benzene rings is 3. The summed E-state index contributed by atoms with van der Waals surface area (Å²) in [7, 11) is 0. The van der Waals surface area contributed by atoms with Gasteiger partial charge in [0.2, 0.25) is 5.91 Å². The SMILES string of the molecule is Nc1c(Oc2cccc(NC(=O)Nc3ccc(C(F)(F)F)cc3)c2)ccc2nc(NC(=O)C3CC3)sc12. The van der Waals surface area contributed by atoms with Crippen LogP contribution in [0.5, 0.6) is 11.5 Å². The molecule has 0 saturated heterocycles. The molecule has 5 rings (SSSR count). The molecule has 3 amide bonds. The van der Waals surface area contributed by atoms with Crippen LogP contribution < -0.4 is 26.4 Å². The number of urea groups is 1. The van der Waals surface area contributed by atoms with Gasteiger partial charge in [-0.1, -0.05) is 17.4 Å². The van der Waals surface area contributed by atoms with Gasteiger partial charge in [0.25, 0.3) is 0 Å². The van der Waals surface area contributed by atoms with Crippen LogP contribution in [0.25, 0.3) is 10.2 Å². The number of nitrogens with one attached hydrogen (secondary N) is 3. The number of aromatic nitrogens is 1. The lowest BCUT2D eigenvalue weighted by Gasteiger charge is -2.12. The zero-order valence-corrected chi connectivity index (χ0v) is 19.9. The Bertz CT molecular complexity index is 1480. The van der Waals surface area contributed by atoms with E-state index in [2.05, 4.69) is 20.9 Å². The van der Waals surface area contributed by atoms with Crippen molar-refractivity contribution in [3.05, 3.63) is 66.2 Å². The summed E-state index contributed by atoms with van der Waals surface area (Å²) in [6.07, 6.45) is -2.67. The van der Waals surface area contributed by atoms with E-state index in [1.165, 1.54) is 23.5 Å². The molecule has 0 bridgehead atoms. The number of carbonyl (C=O) groups excluding carboxylic acids is 2. The van der Waals surface area contributed by atoms with E-state index in [4.69, 9.17) is 10.5 Å². The van der Waals surface area contributed by atoms with Crippen LogP contribution in [0.1, 0.15) is 18.4 Å². The number of carbonyl (C=O) groups is 2. The zero-order chi connectivity index (χ0) is 26.2. The number of nitrogens with zero attached hydrogens (tertiary/aromatic N) is 1. The minimum absolute atomic E-state index is 0.0409. The van der Waals surface area contributed by atoms with Gasteiger partial charge in [-0.05, 0) is 61.4 Å². The number of rotatable bonds is 6. The maximum Gasteiger partial charge on any atom is 0.416 e. The Balaban J connectivity index is 1.25.